The number of aryl methyl sites for hydroxylation is 2. The van der Waals surface area contributed by atoms with Gasteiger partial charge in [0, 0.05) is 31.2 Å². The molecule has 0 unspecified atom stereocenters. The van der Waals surface area contributed by atoms with Crippen LogP contribution in [0.3, 0.4) is 0 Å². The van der Waals surface area contributed by atoms with Crippen molar-refractivity contribution in [2.24, 2.45) is 0 Å². The van der Waals surface area contributed by atoms with Crippen LogP contribution in [0, 0.1) is 6.92 Å². The summed E-state index contributed by atoms with van der Waals surface area (Å²) in [6, 6.07) is 19.5. The number of nitrogens with zero attached hydrogens (tertiary/aromatic N) is 2. The van der Waals surface area contributed by atoms with Gasteiger partial charge in [-0.15, -0.1) is 0 Å². The summed E-state index contributed by atoms with van der Waals surface area (Å²) in [5.41, 5.74) is 1.73. The van der Waals surface area contributed by atoms with Crippen molar-refractivity contribution in [2.45, 2.75) is 24.8 Å². The number of aromatic nitrogens is 1. The van der Waals surface area contributed by atoms with E-state index in [1.807, 2.05) is 48.1 Å². The van der Waals surface area contributed by atoms with E-state index in [-0.39, 0.29) is 23.9 Å². The van der Waals surface area contributed by atoms with Crippen molar-refractivity contribution < 1.29 is 13.2 Å². The summed E-state index contributed by atoms with van der Waals surface area (Å²) in [7, 11) is -3.77. The molecule has 1 N–H and O–H groups in total. The third-order valence-electron chi connectivity index (χ3n) is 4.53. The lowest BCUT2D eigenvalue weighted by Crippen LogP contribution is -2.39. The number of amides is 1. The minimum atomic E-state index is -3.77. The molecule has 7 heteroatoms. The molecule has 0 bridgehead atoms. The Balaban J connectivity index is 1.72. The zero-order chi connectivity index (χ0) is 20.7. The smallest absolute Gasteiger partial charge is 0.243 e. The van der Waals surface area contributed by atoms with Gasteiger partial charge in [0.15, 0.2) is 0 Å². The molecule has 0 aliphatic heterocycles. The van der Waals surface area contributed by atoms with Gasteiger partial charge in [0.25, 0.3) is 0 Å². The summed E-state index contributed by atoms with van der Waals surface area (Å²) in [6.45, 7) is 2.64. The van der Waals surface area contributed by atoms with Gasteiger partial charge in [0.2, 0.25) is 15.9 Å². The van der Waals surface area contributed by atoms with E-state index in [1.54, 1.807) is 42.5 Å². The lowest BCUT2D eigenvalue weighted by Gasteiger charge is -2.22. The second-order valence-corrected chi connectivity index (χ2v) is 8.78. The summed E-state index contributed by atoms with van der Waals surface area (Å²) in [5.74, 6) is -0.366. The Bertz CT molecular complexity index is 1010. The summed E-state index contributed by atoms with van der Waals surface area (Å²) < 4.78 is 29.4. The van der Waals surface area contributed by atoms with Crippen LogP contribution >= 0.6 is 0 Å². The number of nitrogens with one attached hydrogen (secondary N) is 1. The van der Waals surface area contributed by atoms with Crippen LogP contribution in [0.25, 0.3) is 0 Å². The van der Waals surface area contributed by atoms with Crippen molar-refractivity contribution in [3.8, 4) is 0 Å². The van der Waals surface area contributed by atoms with Crippen LogP contribution in [-0.4, -0.2) is 36.3 Å². The number of anilines is 1. The van der Waals surface area contributed by atoms with E-state index in [0.717, 1.165) is 5.56 Å². The molecule has 0 fully saturated rings. The second kappa shape index (κ2) is 9.54. The molecular weight excluding hydrogens is 386 g/mol. The molecule has 29 heavy (non-hydrogen) atoms. The van der Waals surface area contributed by atoms with Crippen LogP contribution in [0.4, 0.5) is 5.69 Å². The molecule has 0 atom stereocenters. The molecule has 0 saturated carbocycles. The van der Waals surface area contributed by atoms with Crippen molar-refractivity contribution in [1.82, 2.24) is 8.87 Å². The molecule has 0 aliphatic rings. The number of sulfonamides is 1. The van der Waals surface area contributed by atoms with Crippen molar-refractivity contribution in [3.05, 3.63) is 84.7 Å². The first-order valence-electron chi connectivity index (χ1n) is 9.47. The van der Waals surface area contributed by atoms with E-state index in [2.05, 4.69) is 5.32 Å². The molecule has 152 valence electrons. The monoisotopic (exact) mass is 411 g/mol. The molecule has 3 aromatic rings. The predicted molar refractivity (Wildman–Crippen MR) is 114 cm³/mol. The first-order valence-corrected chi connectivity index (χ1v) is 10.9. The van der Waals surface area contributed by atoms with E-state index in [4.69, 9.17) is 0 Å². The van der Waals surface area contributed by atoms with Crippen LogP contribution in [0.5, 0.6) is 0 Å². The fourth-order valence-corrected chi connectivity index (χ4v) is 4.43. The van der Waals surface area contributed by atoms with E-state index in [9.17, 15) is 13.2 Å². The number of carbonyl (C=O) groups excluding carboxylic acids is 1. The average molecular weight is 412 g/mol. The van der Waals surface area contributed by atoms with E-state index < -0.39 is 10.0 Å². The molecule has 3 rings (SSSR count). The van der Waals surface area contributed by atoms with Crippen LogP contribution in [0.1, 0.15) is 12.0 Å². The number of carbonyl (C=O) groups is 1. The molecule has 0 spiro atoms. The molecule has 0 saturated heterocycles. The maximum absolute atomic E-state index is 13.1. The summed E-state index contributed by atoms with van der Waals surface area (Å²) in [6.07, 6.45) is 4.46. The van der Waals surface area contributed by atoms with Gasteiger partial charge < -0.3 is 9.88 Å². The Morgan fingerprint density at radius 3 is 2.28 bits per heavy atom. The summed E-state index contributed by atoms with van der Waals surface area (Å²) in [4.78, 5) is 12.7. The van der Waals surface area contributed by atoms with Crippen molar-refractivity contribution >= 4 is 21.6 Å². The highest BCUT2D eigenvalue weighted by Gasteiger charge is 2.26. The fraction of sp³-hybridized carbons (Fsp3) is 0.227. The zero-order valence-corrected chi connectivity index (χ0v) is 17.2. The van der Waals surface area contributed by atoms with Crippen molar-refractivity contribution in [3.63, 3.8) is 0 Å². The maximum Gasteiger partial charge on any atom is 0.243 e. The minimum absolute atomic E-state index is 0.184. The van der Waals surface area contributed by atoms with Gasteiger partial charge in [0.05, 0.1) is 11.4 Å². The molecule has 1 aromatic heterocycles. The van der Waals surface area contributed by atoms with Gasteiger partial charge in [-0.3, -0.25) is 4.79 Å². The molecule has 2 aromatic carbocycles. The summed E-state index contributed by atoms with van der Waals surface area (Å²) in [5, 5.41) is 2.78. The van der Waals surface area contributed by atoms with E-state index >= 15 is 0 Å². The number of rotatable bonds is 9. The average Bonchev–Trinajstić information content (AvgIpc) is 3.23. The summed E-state index contributed by atoms with van der Waals surface area (Å²) >= 11 is 0. The highest BCUT2D eigenvalue weighted by Crippen LogP contribution is 2.16. The SMILES string of the molecule is Cc1ccc(NC(=O)CN(CCCn2cccc2)S(=O)(=O)c2ccccc2)cc1. The Kier molecular flexibility index (Phi) is 6.85. The first-order chi connectivity index (χ1) is 13.9. The second-order valence-electron chi connectivity index (χ2n) is 6.84. The molecule has 6 nitrogen and oxygen atoms in total. The minimum Gasteiger partial charge on any atom is -0.354 e. The molecular formula is C22H25N3O3S. The van der Waals surface area contributed by atoms with E-state index in [1.165, 1.54) is 4.31 Å². The highest BCUT2D eigenvalue weighted by atomic mass is 32.2. The fourth-order valence-electron chi connectivity index (χ4n) is 2.97. The number of hydrogen-bond donors (Lipinski definition) is 1. The van der Waals surface area contributed by atoms with Gasteiger partial charge in [-0.05, 0) is 49.7 Å². The quantitative estimate of drug-likeness (QED) is 0.586. The number of benzene rings is 2. The molecule has 1 amide bonds. The Morgan fingerprint density at radius 2 is 1.62 bits per heavy atom. The largest absolute Gasteiger partial charge is 0.354 e. The van der Waals surface area contributed by atoms with E-state index in [0.29, 0.717) is 18.7 Å². The van der Waals surface area contributed by atoms with Crippen LogP contribution < -0.4 is 5.32 Å². The standard InChI is InChI=1S/C22H25N3O3S/c1-19-10-12-20(13-11-19)23-22(26)18-25(17-7-16-24-14-5-6-15-24)29(27,28)21-8-3-2-4-9-21/h2-6,8-15H,7,16-18H2,1H3,(H,23,26). The Hall–Kier alpha value is -2.90. The van der Waals surface area contributed by atoms with Gasteiger partial charge in [-0.25, -0.2) is 8.42 Å². The highest BCUT2D eigenvalue weighted by molar-refractivity contribution is 7.89. The van der Waals surface area contributed by atoms with Crippen LogP contribution in [0.15, 0.2) is 84.0 Å². The Labute approximate surface area is 171 Å². The van der Waals surface area contributed by atoms with Crippen LogP contribution in [-0.2, 0) is 21.4 Å². The third-order valence-corrected chi connectivity index (χ3v) is 6.39. The molecule has 0 aliphatic carbocycles. The Morgan fingerprint density at radius 1 is 0.966 bits per heavy atom. The lowest BCUT2D eigenvalue weighted by atomic mass is 10.2. The van der Waals surface area contributed by atoms with Gasteiger partial charge in [0.1, 0.15) is 0 Å². The number of hydrogen-bond acceptors (Lipinski definition) is 3. The van der Waals surface area contributed by atoms with Crippen molar-refractivity contribution in [2.75, 3.05) is 18.4 Å². The van der Waals surface area contributed by atoms with Crippen molar-refractivity contribution in [1.29, 1.82) is 0 Å². The normalized spacial score (nSPS) is 11.5. The van der Waals surface area contributed by atoms with Gasteiger partial charge >= 0.3 is 0 Å². The predicted octanol–water partition coefficient (Wildman–Crippen LogP) is 3.52. The zero-order valence-electron chi connectivity index (χ0n) is 16.4. The maximum atomic E-state index is 13.1. The van der Waals surface area contributed by atoms with Gasteiger partial charge in [-0.2, -0.15) is 4.31 Å². The lowest BCUT2D eigenvalue weighted by molar-refractivity contribution is -0.116. The topological polar surface area (TPSA) is 71.4 Å². The third kappa shape index (κ3) is 5.79. The first kappa shape index (κ1) is 20.8. The molecule has 0 radical (unpaired) electrons. The molecule has 1 heterocycles. The van der Waals surface area contributed by atoms with Gasteiger partial charge in [-0.1, -0.05) is 35.9 Å². The van der Waals surface area contributed by atoms with Crippen LogP contribution in [0.2, 0.25) is 0 Å².